The lowest BCUT2D eigenvalue weighted by atomic mass is 10.1. The highest BCUT2D eigenvalue weighted by atomic mass is 19.1. The first-order valence-electron chi connectivity index (χ1n) is 7.53. The molecule has 0 fully saturated rings. The minimum atomic E-state index is -0.262. The first kappa shape index (κ1) is 17.0. The zero-order chi connectivity index (χ0) is 16.5. The average molecular weight is 319 g/mol. The van der Waals surface area contributed by atoms with Crippen molar-refractivity contribution in [1.29, 1.82) is 0 Å². The Morgan fingerprint density at radius 1 is 1.30 bits per heavy atom. The predicted octanol–water partition coefficient (Wildman–Crippen LogP) is 2.82. The summed E-state index contributed by atoms with van der Waals surface area (Å²) in [6.45, 7) is 4.00. The van der Waals surface area contributed by atoms with E-state index in [1.54, 1.807) is 25.5 Å². The largest absolute Gasteiger partial charge is 0.467 e. The van der Waals surface area contributed by atoms with Gasteiger partial charge in [-0.1, -0.05) is 6.07 Å². The highest BCUT2D eigenvalue weighted by Gasteiger charge is 2.04. The molecule has 0 unspecified atom stereocenters. The molecule has 0 aliphatic rings. The molecule has 1 aromatic heterocycles. The van der Waals surface area contributed by atoms with Gasteiger partial charge in [0.05, 0.1) is 26.0 Å². The molecule has 0 saturated carbocycles. The molecule has 1 heterocycles. The van der Waals surface area contributed by atoms with Crippen LogP contribution in [0.4, 0.5) is 4.39 Å². The Labute approximate surface area is 135 Å². The molecule has 5 nitrogen and oxygen atoms in total. The van der Waals surface area contributed by atoms with Crippen LogP contribution in [0.15, 0.2) is 46.0 Å². The summed E-state index contributed by atoms with van der Waals surface area (Å²) in [7, 11) is 1.55. The van der Waals surface area contributed by atoms with Gasteiger partial charge in [0.25, 0.3) is 0 Å². The van der Waals surface area contributed by atoms with Crippen LogP contribution in [0, 0.1) is 5.82 Å². The lowest BCUT2D eigenvalue weighted by Crippen LogP contribution is -2.36. The van der Waals surface area contributed by atoms with E-state index < -0.39 is 0 Å². The van der Waals surface area contributed by atoms with Crippen LogP contribution in [0.3, 0.4) is 0 Å². The van der Waals surface area contributed by atoms with E-state index in [-0.39, 0.29) is 12.4 Å². The van der Waals surface area contributed by atoms with E-state index in [1.165, 1.54) is 6.07 Å². The zero-order valence-electron chi connectivity index (χ0n) is 13.4. The number of hydrogen-bond acceptors (Lipinski definition) is 3. The fourth-order valence-electron chi connectivity index (χ4n) is 2.09. The Morgan fingerprint density at radius 3 is 2.87 bits per heavy atom. The Bertz CT molecular complexity index is 627. The van der Waals surface area contributed by atoms with Crippen molar-refractivity contribution in [3.8, 4) is 0 Å². The third kappa shape index (κ3) is 5.41. The topological polar surface area (TPSA) is 58.8 Å². The Kier molecular flexibility index (Phi) is 6.62. The van der Waals surface area contributed by atoms with E-state index in [0.717, 1.165) is 17.9 Å². The van der Waals surface area contributed by atoms with Gasteiger partial charge in [-0.3, -0.25) is 0 Å². The lowest BCUT2D eigenvalue weighted by molar-refractivity contribution is 0.181. The number of benzene rings is 1. The number of halogens is 1. The first-order chi connectivity index (χ1) is 11.2. The van der Waals surface area contributed by atoms with Crippen LogP contribution in [0.1, 0.15) is 23.8 Å². The fourth-order valence-corrected chi connectivity index (χ4v) is 2.09. The van der Waals surface area contributed by atoms with Crippen LogP contribution in [0.2, 0.25) is 0 Å². The Hall–Kier alpha value is -2.34. The second kappa shape index (κ2) is 8.95. The fraction of sp³-hybridized carbons (Fsp3) is 0.353. The molecule has 23 heavy (non-hydrogen) atoms. The van der Waals surface area contributed by atoms with Crippen LogP contribution in [0.25, 0.3) is 0 Å². The predicted molar refractivity (Wildman–Crippen MR) is 87.5 cm³/mol. The molecule has 0 bridgehead atoms. The number of nitrogens with zero attached hydrogens (tertiary/aromatic N) is 1. The number of rotatable bonds is 7. The third-order valence-corrected chi connectivity index (χ3v) is 3.18. The van der Waals surface area contributed by atoms with Crippen molar-refractivity contribution in [3.05, 3.63) is 59.3 Å². The Morgan fingerprint density at radius 2 is 2.17 bits per heavy atom. The van der Waals surface area contributed by atoms with E-state index in [1.807, 2.05) is 19.1 Å². The van der Waals surface area contributed by atoms with Gasteiger partial charge < -0.3 is 19.8 Å². The number of hydrogen-bond donors (Lipinski definition) is 2. The van der Waals surface area contributed by atoms with E-state index in [4.69, 9.17) is 9.15 Å². The zero-order valence-corrected chi connectivity index (χ0v) is 13.4. The third-order valence-electron chi connectivity index (χ3n) is 3.18. The quantitative estimate of drug-likeness (QED) is 0.608. The normalized spacial score (nSPS) is 11.5. The van der Waals surface area contributed by atoms with E-state index in [9.17, 15) is 4.39 Å². The summed E-state index contributed by atoms with van der Waals surface area (Å²) in [4.78, 5) is 4.50. The van der Waals surface area contributed by atoms with Crippen molar-refractivity contribution in [2.24, 2.45) is 4.99 Å². The number of aliphatic imine (C=N–C) groups is 1. The van der Waals surface area contributed by atoms with Gasteiger partial charge in [0.2, 0.25) is 0 Å². The van der Waals surface area contributed by atoms with Crippen LogP contribution >= 0.6 is 0 Å². The molecule has 0 amide bonds. The standard InChI is InChI=1S/C17H22FN3O2/c1-3-19-17(21-11-15-5-4-8-23-15)20-10-13-6-7-16(18)14(9-13)12-22-2/h4-9H,3,10-12H2,1-2H3,(H2,19,20,21). The molecular formula is C17H22FN3O2. The summed E-state index contributed by atoms with van der Waals surface area (Å²) < 4.78 is 23.9. The highest BCUT2D eigenvalue weighted by Crippen LogP contribution is 2.12. The number of ether oxygens (including phenoxy) is 1. The van der Waals surface area contributed by atoms with Gasteiger partial charge in [-0.25, -0.2) is 9.38 Å². The number of furan rings is 1. The van der Waals surface area contributed by atoms with Crippen molar-refractivity contribution >= 4 is 5.96 Å². The van der Waals surface area contributed by atoms with E-state index in [2.05, 4.69) is 15.6 Å². The van der Waals surface area contributed by atoms with E-state index >= 15 is 0 Å². The average Bonchev–Trinajstić information content (AvgIpc) is 3.06. The van der Waals surface area contributed by atoms with Crippen molar-refractivity contribution in [2.45, 2.75) is 26.6 Å². The maximum atomic E-state index is 13.6. The molecule has 0 aliphatic carbocycles. The summed E-state index contributed by atoms with van der Waals surface area (Å²) in [6.07, 6.45) is 1.64. The van der Waals surface area contributed by atoms with Gasteiger partial charge >= 0.3 is 0 Å². The summed E-state index contributed by atoms with van der Waals surface area (Å²) in [6, 6.07) is 8.69. The second-order valence-corrected chi connectivity index (χ2v) is 4.99. The summed E-state index contributed by atoms with van der Waals surface area (Å²) >= 11 is 0. The Balaban J connectivity index is 2.00. The summed E-state index contributed by atoms with van der Waals surface area (Å²) in [5.41, 5.74) is 1.46. The van der Waals surface area contributed by atoms with Crippen LogP contribution < -0.4 is 10.6 Å². The molecule has 2 aromatic rings. The molecule has 0 saturated heterocycles. The first-order valence-corrected chi connectivity index (χ1v) is 7.53. The van der Waals surface area contributed by atoms with Crippen molar-refractivity contribution in [2.75, 3.05) is 13.7 Å². The molecule has 0 spiro atoms. The summed E-state index contributed by atoms with van der Waals surface area (Å²) in [5, 5.41) is 6.36. The van der Waals surface area contributed by atoms with Crippen LogP contribution in [-0.4, -0.2) is 19.6 Å². The molecular weight excluding hydrogens is 297 g/mol. The second-order valence-electron chi connectivity index (χ2n) is 4.99. The smallest absolute Gasteiger partial charge is 0.191 e. The molecule has 1 aromatic carbocycles. The summed E-state index contributed by atoms with van der Waals surface area (Å²) in [5.74, 6) is 1.25. The molecule has 0 aliphatic heterocycles. The number of nitrogens with one attached hydrogen (secondary N) is 2. The minimum absolute atomic E-state index is 0.250. The monoisotopic (exact) mass is 319 g/mol. The van der Waals surface area contributed by atoms with Gasteiger partial charge in [0.1, 0.15) is 11.6 Å². The molecule has 2 N–H and O–H groups in total. The van der Waals surface area contributed by atoms with Crippen molar-refractivity contribution in [1.82, 2.24) is 10.6 Å². The maximum Gasteiger partial charge on any atom is 0.191 e. The van der Waals surface area contributed by atoms with Gasteiger partial charge in [0, 0.05) is 19.2 Å². The molecule has 2 rings (SSSR count). The highest BCUT2D eigenvalue weighted by molar-refractivity contribution is 5.79. The molecule has 0 radical (unpaired) electrons. The van der Waals surface area contributed by atoms with Gasteiger partial charge in [-0.2, -0.15) is 0 Å². The van der Waals surface area contributed by atoms with Gasteiger partial charge in [-0.05, 0) is 36.8 Å². The molecule has 124 valence electrons. The van der Waals surface area contributed by atoms with Gasteiger partial charge in [-0.15, -0.1) is 0 Å². The molecule has 0 atom stereocenters. The van der Waals surface area contributed by atoms with E-state index in [0.29, 0.717) is 24.6 Å². The van der Waals surface area contributed by atoms with Crippen molar-refractivity contribution in [3.63, 3.8) is 0 Å². The SMILES string of the molecule is CCNC(=NCc1ccc(F)c(COC)c1)NCc1ccco1. The van der Waals surface area contributed by atoms with Crippen LogP contribution in [-0.2, 0) is 24.4 Å². The van der Waals surface area contributed by atoms with Crippen molar-refractivity contribution < 1.29 is 13.5 Å². The number of guanidine groups is 1. The molecule has 6 heteroatoms. The maximum absolute atomic E-state index is 13.6. The minimum Gasteiger partial charge on any atom is -0.467 e. The lowest BCUT2D eigenvalue weighted by Gasteiger charge is -2.10. The number of methoxy groups -OCH3 is 1. The van der Waals surface area contributed by atoms with Crippen LogP contribution in [0.5, 0.6) is 0 Å². The van der Waals surface area contributed by atoms with Gasteiger partial charge in [0.15, 0.2) is 5.96 Å².